The van der Waals surface area contributed by atoms with Gasteiger partial charge in [0.15, 0.2) is 0 Å². The van der Waals surface area contributed by atoms with Gasteiger partial charge in [0, 0.05) is 19.1 Å². The smallest absolute Gasteiger partial charge is 0.0236 e. The van der Waals surface area contributed by atoms with E-state index in [0.29, 0.717) is 12.0 Å². The second-order valence-electron chi connectivity index (χ2n) is 5.29. The van der Waals surface area contributed by atoms with E-state index in [-0.39, 0.29) is 12.4 Å². The molecule has 1 fully saturated rings. The molecule has 0 bridgehead atoms. The van der Waals surface area contributed by atoms with Gasteiger partial charge in [0.25, 0.3) is 0 Å². The van der Waals surface area contributed by atoms with Crippen molar-refractivity contribution in [2.45, 2.75) is 39.3 Å². The van der Waals surface area contributed by atoms with Gasteiger partial charge in [-0.05, 0) is 43.4 Å². The van der Waals surface area contributed by atoms with E-state index in [2.05, 4.69) is 43.0 Å². The summed E-state index contributed by atoms with van der Waals surface area (Å²) in [4.78, 5) is 2.55. The Bertz CT molecular complexity index is 350. The van der Waals surface area contributed by atoms with Gasteiger partial charge in [-0.1, -0.05) is 31.2 Å². The molecular formula is C15H25ClN2. The van der Waals surface area contributed by atoms with Crippen LogP contribution in [0.5, 0.6) is 0 Å². The lowest BCUT2D eigenvalue weighted by atomic mass is 10.1. The van der Waals surface area contributed by atoms with Gasteiger partial charge in [-0.2, -0.15) is 0 Å². The van der Waals surface area contributed by atoms with Crippen molar-refractivity contribution < 1.29 is 0 Å². The molecule has 2 nitrogen and oxygen atoms in total. The van der Waals surface area contributed by atoms with Gasteiger partial charge in [0.2, 0.25) is 0 Å². The second kappa shape index (κ2) is 7.13. The SMILES string of the molecule is CCc1ccc(CN2CC(CN)CC2C)cc1.Cl. The molecule has 1 saturated heterocycles. The van der Waals surface area contributed by atoms with Crippen LogP contribution in [0, 0.1) is 5.92 Å². The van der Waals surface area contributed by atoms with Gasteiger partial charge in [0.1, 0.15) is 0 Å². The van der Waals surface area contributed by atoms with Crippen LogP contribution in [0.4, 0.5) is 0 Å². The van der Waals surface area contributed by atoms with Gasteiger partial charge in [-0.3, -0.25) is 4.90 Å². The van der Waals surface area contributed by atoms with Crippen LogP contribution in [-0.4, -0.2) is 24.0 Å². The van der Waals surface area contributed by atoms with Crippen LogP contribution < -0.4 is 5.73 Å². The van der Waals surface area contributed by atoms with E-state index in [0.717, 1.165) is 26.1 Å². The highest BCUT2D eigenvalue weighted by molar-refractivity contribution is 5.85. The highest BCUT2D eigenvalue weighted by atomic mass is 35.5. The summed E-state index contributed by atoms with van der Waals surface area (Å²) < 4.78 is 0. The normalized spacial score (nSPS) is 23.9. The van der Waals surface area contributed by atoms with Crippen LogP contribution >= 0.6 is 12.4 Å². The van der Waals surface area contributed by atoms with Gasteiger partial charge < -0.3 is 5.73 Å². The van der Waals surface area contributed by atoms with Crippen LogP contribution in [0.1, 0.15) is 31.4 Å². The monoisotopic (exact) mass is 268 g/mol. The summed E-state index contributed by atoms with van der Waals surface area (Å²) in [6.07, 6.45) is 2.37. The zero-order valence-electron chi connectivity index (χ0n) is 11.4. The van der Waals surface area contributed by atoms with E-state index in [1.165, 1.54) is 17.5 Å². The summed E-state index contributed by atoms with van der Waals surface area (Å²) >= 11 is 0. The Morgan fingerprint density at radius 1 is 1.22 bits per heavy atom. The first-order valence-electron chi connectivity index (χ1n) is 6.74. The molecule has 1 aliphatic heterocycles. The number of hydrogen-bond donors (Lipinski definition) is 1. The number of likely N-dealkylation sites (tertiary alicyclic amines) is 1. The molecule has 2 unspecified atom stereocenters. The van der Waals surface area contributed by atoms with Crippen LogP contribution in [0.3, 0.4) is 0 Å². The maximum Gasteiger partial charge on any atom is 0.0236 e. The topological polar surface area (TPSA) is 29.3 Å². The predicted molar refractivity (Wildman–Crippen MR) is 80.1 cm³/mol. The molecule has 102 valence electrons. The predicted octanol–water partition coefficient (Wildman–Crippen LogP) is 2.84. The fourth-order valence-corrected chi connectivity index (χ4v) is 2.72. The number of benzene rings is 1. The third kappa shape index (κ3) is 3.71. The Kier molecular flexibility index (Phi) is 6.13. The van der Waals surface area contributed by atoms with E-state index in [1.807, 2.05) is 0 Å². The van der Waals surface area contributed by atoms with Crippen LogP contribution in [0.2, 0.25) is 0 Å². The number of aryl methyl sites for hydroxylation is 1. The molecule has 18 heavy (non-hydrogen) atoms. The molecule has 1 aromatic rings. The lowest BCUT2D eigenvalue weighted by Gasteiger charge is -2.21. The highest BCUT2D eigenvalue weighted by Crippen LogP contribution is 2.24. The minimum absolute atomic E-state index is 0. The largest absolute Gasteiger partial charge is 0.330 e. The van der Waals surface area contributed by atoms with Gasteiger partial charge >= 0.3 is 0 Å². The zero-order chi connectivity index (χ0) is 12.3. The van der Waals surface area contributed by atoms with Crippen LogP contribution in [-0.2, 0) is 13.0 Å². The first-order valence-corrected chi connectivity index (χ1v) is 6.74. The molecule has 2 rings (SSSR count). The number of nitrogens with two attached hydrogens (primary N) is 1. The summed E-state index contributed by atoms with van der Waals surface area (Å²) in [6.45, 7) is 7.57. The minimum Gasteiger partial charge on any atom is -0.330 e. The van der Waals surface area contributed by atoms with E-state index >= 15 is 0 Å². The molecule has 2 atom stereocenters. The molecule has 0 saturated carbocycles. The number of halogens is 1. The van der Waals surface area contributed by atoms with E-state index < -0.39 is 0 Å². The first-order chi connectivity index (χ1) is 8.22. The molecule has 1 aromatic carbocycles. The summed E-state index contributed by atoms with van der Waals surface area (Å²) in [5.41, 5.74) is 8.61. The molecule has 0 radical (unpaired) electrons. The molecule has 2 N–H and O–H groups in total. The van der Waals surface area contributed by atoms with E-state index in [9.17, 15) is 0 Å². The molecule has 0 aliphatic carbocycles. The third-order valence-corrected chi connectivity index (χ3v) is 3.94. The van der Waals surface area contributed by atoms with E-state index in [1.54, 1.807) is 0 Å². The molecule has 0 amide bonds. The standard InChI is InChI=1S/C15H24N2.ClH/c1-3-13-4-6-14(7-5-13)10-17-11-15(9-16)8-12(17)2;/h4-7,12,15H,3,8-11,16H2,1-2H3;1H. The summed E-state index contributed by atoms with van der Waals surface area (Å²) in [7, 11) is 0. The quantitative estimate of drug-likeness (QED) is 0.910. The van der Waals surface area contributed by atoms with Crippen molar-refractivity contribution in [2.24, 2.45) is 11.7 Å². The van der Waals surface area contributed by atoms with Crippen molar-refractivity contribution in [3.8, 4) is 0 Å². The first kappa shape index (κ1) is 15.5. The summed E-state index contributed by atoms with van der Waals surface area (Å²) in [5.74, 6) is 0.694. The molecule has 0 spiro atoms. The second-order valence-corrected chi connectivity index (χ2v) is 5.29. The lowest BCUT2D eigenvalue weighted by Crippen LogP contribution is -2.27. The Hall–Kier alpha value is -0.570. The average Bonchev–Trinajstić information content (AvgIpc) is 2.71. The molecular weight excluding hydrogens is 244 g/mol. The maximum absolute atomic E-state index is 5.76. The van der Waals surface area contributed by atoms with Crippen molar-refractivity contribution in [1.82, 2.24) is 4.90 Å². The fraction of sp³-hybridized carbons (Fsp3) is 0.600. The van der Waals surface area contributed by atoms with Gasteiger partial charge in [-0.25, -0.2) is 0 Å². The third-order valence-electron chi connectivity index (χ3n) is 3.94. The molecule has 1 heterocycles. The fourth-order valence-electron chi connectivity index (χ4n) is 2.72. The summed E-state index contributed by atoms with van der Waals surface area (Å²) in [5, 5.41) is 0. The lowest BCUT2D eigenvalue weighted by molar-refractivity contribution is 0.256. The molecule has 3 heteroatoms. The number of rotatable bonds is 4. The molecule has 1 aliphatic rings. The van der Waals surface area contributed by atoms with Crippen molar-refractivity contribution in [3.05, 3.63) is 35.4 Å². The maximum atomic E-state index is 5.76. The molecule has 0 aromatic heterocycles. The van der Waals surface area contributed by atoms with Crippen molar-refractivity contribution in [2.75, 3.05) is 13.1 Å². The van der Waals surface area contributed by atoms with Crippen LogP contribution in [0.15, 0.2) is 24.3 Å². The summed E-state index contributed by atoms with van der Waals surface area (Å²) in [6, 6.07) is 9.70. The Morgan fingerprint density at radius 2 is 1.83 bits per heavy atom. The van der Waals surface area contributed by atoms with Crippen molar-refractivity contribution >= 4 is 12.4 Å². The van der Waals surface area contributed by atoms with E-state index in [4.69, 9.17) is 5.73 Å². The average molecular weight is 269 g/mol. The van der Waals surface area contributed by atoms with Gasteiger partial charge in [0.05, 0.1) is 0 Å². The zero-order valence-corrected chi connectivity index (χ0v) is 12.2. The number of hydrogen-bond acceptors (Lipinski definition) is 2. The van der Waals surface area contributed by atoms with Crippen molar-refractivity contribution in [3.63, 3.8) is 0 Å². The minimum atomic E-state index is 0. The van der Waals surface area contributed by atoms with Gasteiger partial charge in [-0.15, -0.1) is 12.4 Å². The van der Waals surface area contributed by atoms with Crippen LogP contribution in [0.25, 0.3) is 0 Å². The highest BCUT2D eigenvalue weighted by Gasteiger charge is 2.27. The number of nitrogens with zero attached hydrogens (tertiary/aromatic N) is 1. The van der Waals surface area contributed by atoms with Crippen molar-refractivity contribution in [1.29, 1.82) is 0 Å². The Morgan fingerprint density at radius 3 is 2.33 bits per heavy atom. The Balaban J connectivity index is 0.00000162. The Labute approximate surface area is 117 Å².